The van der Waals surface area contributed by atoms with Crippen LogP contribution in [0.1, 0.15) is 96.3 Å². The maximum atomic E-state index is 15.0. The van der Waals surface area contributed by atoms with Crippen LogP contribution in [0.4, 0.5) is 4.79 Å². The Morgan fingerprint density at radius 1 is 0.907 bits per heavy atom. The van der Waals surface area contributed by atoms with Gasteiger partial charge in [0.2, 0.25) is 11.8 Å². The predicted molar refractivity (Wildman–Crippen MR) is 209 cm³/mol. The van der Waals surface area contributed by atoms with Crippen molar-refractivity contribution in [2.45, 2.75) is 116 Å². The number of rotatable bonds is 12. The first kappa shape index (κ1) is 38.1. The van der Waals surface area contributed by atoms with Gasteiger partial charge in [0.15, 0.2) is 0 Å². The fourth-order valence-corrected chi connectivity index (χ4v) is 9.70. The molecular formula is C44H56BN3O6. The van der Waals surface area contributed by atoms with E-state index >= 15 is 0 Å². The van der Waals surface area contributed by atoms with Crippen LogP contribution in [0.3, 0.4) is 0 Å². The molecule has 3 saturated carbocycles. The molecule has 54 heavy (non-hydrogen) atoms. The third-order valence-electron chi connectivity index (χ3n) is 13.5. The molecule has 10 heteroatoms. The number of nitrogens with one attached hydrogen (secondary N) is 2. The summed E-state index contributed by atoms with van der Waals surface area (Å²) in [6.45, 7) is 13.7. The second kappa shape index (κ2) is 15.2. The lowest BCUT2D eigenvalue weighted by Gasteiger charge is -2.64. The Kier molecular flexibility index (Phi) is 10.7. The van der Waals surface area contributed by atoms with Gasteiger partial charge in [0, 0.05) is 12.5 Å². The monoisotopic (exact) mass is 733 g/mol. The fraction of sp³-hybridized carbons (Fsp3) is 0.523. The molecule has 3 unspecified atom stereocenters. The smallest absolute Gasteiger partial charge is 0.445 e. The van der Waals surface area contributed by atoms with E-state index in [0.29, 0.717) is 31.2 Å². The van der Waals surface area contributed by atoms with E-state index in [1.807, 2.05) is 91.0 Å². The number of hydrogen-bond donors (Lipinski definition) is 2. The quantitative estimate of drug-likeness (QED) is 0.190. The van der Waals surface area contributed by atoms with E-state index < -0.39 is 42.8 Å². The zero-order valence-electron chi connectivity index (χ0n) is 32.6. The number of carbonyl (C=O) groups is 3. The number of hydrogen-bond acceptors (Lipinski definition) is 6. The van der Waals surface area contributed by atoms with Crippen LogP contribution < -0.4 is 10.6 Å². The van der Waals surface area contributed by atoms with E-state index in [-0.39, 0.29) is 35.4 Å². The number of amides is 3. The Labute approximate surface area is 321 Å². The summed E-state index contributed by atoms with van der Waals surface area (Å²) in [5, 5.41) is 6.33. The molecule has 0 spiro atoms. The molecule has 8 rings (SSSR count). The van der Waals surface area contributed by atoms with Crippen molar-refractivity contribution in [3.63, 3.8) is 0 Å². The van der Waals surface area contributed by atoms with Gasteiger partial charge >= 0.3 is 13.2 Å². The molecule has 286 valence electrons. The maximum Gasteiger partial charge on any atom is 0.482 e. The van der Waals surface area contributed by atoms with Crippen molar-refractivity contribution < 1.29 is 28.4 Å². The molecule has 2 heterocycles. The van der Waals surface area contributed by atoms with Gasteiger partial charge < -0.3 is 29.6 Å². The van der Waals surface area contributed by atoms with Crippen LogP contribution in [0.15, 0.2) is 91.0 Å². The maximum absolute atomic E-state index is 15.0. The van der Waals surface area contributed by atoms with Gasteiger partial charge in [-0.25, -0.2) is 4.79 Å². The van der Waals surface area contributed by atoms with E-state index in [1.54, 1.807) is 4.90 Å². The molecule has 3 aliphatic carbocycles. The molecule has 5 aliphatic rings. The summed E-state index contributed by atoms with van der Waals surface area (Å²) in [6.07, 6.45) is 3.34. The molecule has 0 aromatic heterocycles. The number of likely N-dealkylation sites (tertiary alicyclic amines) is 1. The molecule has 3 aromatic carbocycles. The normalized spacial score (nSPS) is 26.7. The first-order chi connectivity index (χ1) is 25.8. The second-order valence-corrected chi connectivity index (χ2v) is 17.3. The van der Waals surface area contributed by atoms with Crippen molar-refractivity contribution in [3.8, 4) is 0 Å². The number of carbonyl (C=O) groups excluding carboxylic acids is 3. The van der Waals surface area contributed by atoms with Gasteiger partial charge in [0.25, 0.3) is 0 Å². The minimum Gasteiger partial charge on any atom is -0.445 e. The van der Waals surface area contributed by atoms with Gasteiger partial charge in [0.05, 0.1) is 17.6 Å². The van der Waals surface area contributed by atoms with Crippen molar-refractivity contribution in [3.05, 3.63) is 108 Å². The molecule has 5 fully saturated rings. The molecular weight excluding hydrogens is 677 g/mol. The van der Waals surface area contributed by atoms with E-state index in [9.17, 15) is 14.4 Å². The van der Waals surface area contributed by atoms with E-state index in [1.165, 1.54) is 0 Å². The number of benzene rings is 3. The van der Waals surface area contributed by atoms with Crippen LogP contribution in [0.2, 0.25) is 0 Å². The Hall–Kier alpha value is -4.15. The molecule has 7 atom stereocenters. The highest BCUT2D eigenvalue weighted by molar-refractivity contribution is 6.48. The Balaban J connectivity index is 1.15. The molecule has 2 saturated heterocycles. The third kappa shape index (κ3) is 7.19. The van der Waals surface area contributed by atoms with Crippen molar-refractivity contribution >= 4 is 25.0 Å². The molecule has 3 aromatic rings. The van der Waals surface area contributed by atoms with Crippen molar-refractivity contribution in [1.82, 2.24) is 15.5 Å². The summed E-state index contributed by atoms with van der Waals surface area (Å²) in [4.78, 5) is 44.7. The number of ether oxygens (including phenoxy) is 1. The van der Waals surface area contributed by atoms with E-state index in [4.69, 9.17) is 14.0 Å². The van der Waals surface area contributed by atoms with Gasteiger partial charge in [-0.3, -0.25) is 9.59 Å². The topological polar surface area (TPSA) is 106 Å². The zero-order valence-corrected chi connectivity index (χ0v) is 32.6. The standard InChI is InChI=1S/C44H56BN3O6/c1-7-42(2,3)40(45-53-35-27-32-26-34(43(32,4)5)44(35,6)54-45)47-38(49)33-24-17-25-48(33)39(50)37(46-41(51)52-28-29-18-11-8-12-19-29)36(30-20-13-9-14-21-30)31-22-15-10-16-23-31/h8-16,18-23,32-37,40H,7,17,24-28H2,1-6H3,(H,46,51)(H,47,49)/t32?,33-,34?,35+,37-,40?,44-/m0/s1. The lowest BCUT2D eigenvalue weighted by Crippen LogP contribution is -2.65. The molecule has 0 radical (unpaired) electrons. The summed E-state index contributed by atoms with van der Waals surface area (Å²) < 4.78 is 19.3. The first-order valence-electron chi connectivity index (χ1n) is 19.8. The second-order valence-electron chi connectivity index (χ2n) is 17.3. The average molecular weight is 734 g/mol. The molecule has 2 bridgehead atoms. The summed E-state index contributed by atoms with van der Waals surface area (Å²) in [5.74, 6) is -0.527. The third-order valence-corrected chi connectivity index (χ3v) is 13.5. The van der Waals surface area contributed by atoms with Crippen molar-refractivity contribution in [2.24, 2.45) is 22.7 Å². The van der Waals surface area contributed by atoms with Gasteiger partial charge in [-0.2, -0.15) is 0 Å². The lowest BCUT2D eigenvalue weighted by molar-refractivity contribution is -0.199. The van der Waals surface area contributed by atoms with E-state index in [2.05, 4.69) is 52.2 Å². The number of nitrogens with zero attached hydrogens (tertiary/aromatic N) is 1. The highest BCUT2D eigenvalue weighted by Gasteiger charge is 2.69. The van der Waals surface area contributed by atoms with Crippen LogP contribution in [0.25, 0.3) is 0 Å². The Bertz CT molecular complexity index is 1750. The molecule has 9 nitrogen and oxygen atoms in total. The summed E-state index contributed by atoms with van der Waals surface area (Å²) >= 11 is 0. The first-order valence-corrected chi connectivity index (χ1v) is 19.8. The Morgan fingerprint density at radius 2 is 1.52 bits per heavy atom. The van der Waals surface area contributed by atoms with Gasteiger partial charge in [0.1, 0.15) is 18.7 Å². The number of alkyl carbamates (subject to hydrolysis) is 1. The summed E-state index contributed by atoms with van der Waals surface area (Å²) in [7, 11) is -0.603. The van der Waals surface area contributed by atoms with Gasteiger partial charge in [-0.1, -0.05) is 126 Å². The van der Waals surface area contributed by atoms with Crippen molar-refractivity contribution in [2.75, 3.05) is 6.54 Å². The fourth-order valence-electron chi connectivity index (χ4n) is 9.70. The van der Waals surface area contributed by atoms with Crippen molar-refractivity contribution in [1.29, 1.82) is 0 Å². The summed E-state index contributed by atoms with van der Waals surface area (Å²) in [6, 6.07) is 27.1. The van der Waals surface area contributed by atoms with Crippen LogP contribution >= 0.6 is 0 Å². The minimum absolute atomic E-state index is 0.0164. The average Bonchev–Trinajstić information content (AvgIpc) is 3.81. The van der Waals surface area contributed by atoms with Gasteiger partial charge in [-0.05, 0) is 78.4 Å². The van der Waals surface area contributed by atoms with E-state index in [0.717, 1.165) is 36.0 Å². The zero-order chi connectivity index (χ0) is 38.3. The highest BCUT2D eigenvalue weighted by Crippen LogP contribution is 2.66. The SMILES string of the molecule is CCC(C)(C)C(NC(=O)[C@@H]1CCCN1C(=O)[C@@H](NC(=O)OCc1ccccc1)C(c1ccccc1)c1ccccc1)B1O[C@@H]2CC3CC(C3(C)C)[C@]2(C)O1. The van der Waals surface area contributed by atoms with Crippen LogP contribution in [0, 0.1) is 22.7 Å². The van der Waals surface area contributed by atoms with Crippen LogP contribution in [-0.2, 0) is 30.2 Å². The Morgan fingerprint density at radius 3 is 2.11 bits per heavy atom. The molecule has 2 N–H and O–H groups in total. The van der Waals surface area contributed by atoms with Gasteiger partial charge in [-0.15, -0.1) is 0 Å². The predicted octanol–water partition coefficient (Wildman–Crippen LogP) is 7.29. The largest absolute Gasteiger partial charge is 0.482 e. The van der Waals surface area contributed by atoms with Crippen LogP contribution in [-0.4, -0.2) is 66.2 Å². The molecule has 3 amide bonds. The lowest BCUT2D eigenvalue weighted by atomic mass is 9.43. The molecule has 2 aliphatic heterocycles. The summed E-state index contributed by atoms with van der Waals surface area (Å²) in [5.41, 5.74) is 1.99. The minimum atomic E-state index is -1.05. The van der Waals surface area contributed by atoms with Crippen LogP contribution in [0.5, 0.6) is 0 Å². The highest BCUT2D eigenvalue weighted by atomic mass is 16.7.